The fraction of sp³-hybridized carbons (Fsp3) is 0.533. The Hall–Kier alpha value is -0.730. The van der Waals surface area contributed by atoms with Gasteiger partial charge in [-0.25, -0.2) is 4.98 Å². The molecule has 0 radical (unpaired) electrons. The lowest BCUT2D eigenvalue weighted by Crippen LogP contribution is -2.18. The molecule has 1 aromatic heterocycles. The van der Waals surface area contributed by atoms with Crippen LogP contribution in [0.25, 0.3) is 11.0 Å². The summed E-state index contributed by atoms with van der Waals surface area (Å²) >= 11 is 12.2. The standard InChI is InChI=1S/C15H18Cl2N2/c1-10-2-5-12(6-3-10)19-14-8-11(17)4-7-13(14)18-15(19)9-16/h4,7-8,10,12H,2-3,5-6,9H2,1H3. The Kier molecular flexibility index (Phi) is 3.72. The van der Waals surface area contributed by atoms with Crippen molar-refractivity contribution >= 4 is 34.2 Å². The fourth-order valence-electron chi connectivity index (χ4n) is 3.12. The van der Waals surface area contributed by atoms with E-state index >= 15 is 0 Å². The average Bonchev–Trinajstić information content (AvgIpc) is 2.77. The first-order chi connectivity index (χ1) is 9.19. The first-order valence-electron chi connectivity index (χ1n) is 6.91. The Morgan fingerprint density at radius 1 is 1.26 bits per heavy atom. The first-order valence-corrected chi connectivity index (χ1v) is 7.82. The van der Waals surface area contributed by atoms with Crippen molar-refractivity contribution in [3.63, 3.8) is 0 Å². The molecule has 0 N–H and O–H groups in total. The molecular formula is C15H18Cl2N2. The van der Waals surface area contributed by atoms with Crippen LogP contribution in [0.4, 0.5) is 0 Å². The van der Waals surface area contributed by atoms with Crippen LogP contribution in [0, 0.1) is 5.92 Å². The molecule has 19 heavy (non-hydrogen) atoms. The van der Waals surface area contributed by atoms with Gasteiger partial charge in [-0.3, -0.25) is 0 Å². The van der Waals surface area contributed by atoms with E-state index in [1.165, 1.54) is 25.7 Å². The molecular weight excluding hydrogens is 279 g/mol. The quantitative estimate of drug-likeness (QED) is 0.698. The fourth-order valence-corrected chi connectivity index (χ4v) is 3.47. The zero-order valence-corrected chi connectivity index (χ0v) is 12.6. The Balaban J connectivity index is 2.07. The molecule has 1 fully saturated rings. The highest BCUT2D eigenvalue weighted by atomic mass is 35.5. The van der Waals surface area contributed by atoms with Crippen molar-refractivity contribution in [2.75, 3.05) is 0 Å². The second kappa shape index (κ2) is 5.34. The monoisotopic (exact) mass is 296 g/mol. The number of alkyl halides is 1. The molecule has 1 saturated carbocycles. The maximum atomic E-state index is 6.13. The smallest absolute Gasteiger partial charge is 0.125 e. The third-order valence-electron chi connectivity index (χ3n) is 4.19. The Morgan fingerprint density at radius 2 is 2.00 bits per heavy atom. The van der Waals surface area contributed by atoms with Crippen molar-refractivity contribution in [1.82, 2.24) is 9.55 Å². The van der Waals surface area contributed by atoms with Crippen LogP contribution in [-0.2, 0) is 5.88 Å². The molecule has 0 bridgehead atoms. The minimum Gasteiger partial charge on any atom is -0.324 e. The molecule has 4 heteroatoms. The molecule has 2 aromatic rings. The number of aromatic nitrogens is 2. The van der Waals surface area contributed by atoms with Crippen LogP contribution in [0.1, 0.15) is 44.5 Å². The van der Waals surface area contributed by atoms with Crippen molar-refractivity contribution < 1.29 is 0 Å². The Morgan fingerprint density at radius 3 is 2.68 bits per heavy atom. The SMILES string of the molecule is CC1CCC(n2c(CCl)nc3ccc(Cl)cc32)CC1. The van der Waals surface area contributed by atoms with Crippen molar-refractivity contribution in [2.24, 2.45) is 5.92 Å². The number of rotatable bonds is 2. The van der Waals surface area contributed by atoms with Gasteiger partial charge >= 0.3 is 0 Å². The van der Waals surface area contributed by atoms with Crippen molar-refractivity contribution in [1.29, 1.82) is 0 Å². The van der Waals surface area contributed by atoms with Gasteiger partial charge in [-0.2, -0.15) is 0 Å². The molecule has 0 saturated heterocycles. The minimum absolute atomic E-state index is 0.457. The van der Waals surface area contributed by atoms with E-state index in [2.05, 4.69) is 16.5 Å². The van der Waals surface area contributed by atoms with Crippen molar-refractivity contribution in [2.45, 2.75) is 44.5 Å². The van der Waals surface area contributed by atoms with Gasteiger partial charge in [-0.05, 0) is 49.8 Å². The van der Waals surface area contributed by atoms with Crippen LogP contribution in [0.2, 0.25) is 5.02 Å². The molecule has 0 aliphatic heterocycles. The average molecular weight is 297 g/mol. The summed E-state index contributed by atoms with van der Waals surface area (Å²) in [5, 5.41) is 0.763. The van der Waals surface area contributed by atoms with E-state index in [0.717, 1.165) is 27.8 Å². The van der Waals surface area contributed by atoms with E-state index in [1.807, 2.05) is 18.2 Å². The third-order valence-corrected chi connectivity index (χ3v) is 4.67. The lowest BCUT2D eigenvalue weighted by molar-refractivity contribution is 0.290. The van der Waals surface area contributed by atoms with Crippen LogP contribution >= 0.6 is 23.2 Å². The van der Waals surface area contributed by atoms with Crippen molar-refractivity contribution in [3.8, 4) is 0 Å². The normalized spacial score (nSPS) is 23.9. The summed E-state index contributed by atoms with van der Waals surface area (Å²) < 4.78 is 2.32. The molecule has 1 aromatic carbocycles. The molecule has 0 unspecified atom stereocenters. The number of halogens is 2. The second-order valence-electron chi connectivity index (χ2n) is 5.58. The highest BCUT2D eigenvalue weighted by molar-refractivity contribution is 6.31. The van der Waals surface area contributed by atoms with E-state index in [4.69, 9.17) is 23.2 Å². The first kappa shape index (κ1) is 13.3. The van der Waals surface area contributed by atoms with Gasteiger partial charge in [-0.1, -0.05) is 18.5 Å². The van der Waals surface area contributed by atoms with Gasteiger partial charge in [0.1, 0.15) is 5.82 Å². The zero-order valence-electron chi connectivity index (χ0n) is 11.1. The highest BCUT2D eigenvalue weighted by Crippen LogP contribution is 2.35. The van der Waals surface area contributed by atoms with E-state index < -0.39 is 0 Å². The molecule has 102 valence electrons. The molecule has 0 atom stereocenters. The minimum atomic E-state index is 0.457. The summed E-state index contributed by atoms with van der Waals surface area (Å²) in [6, 6.07) is 6.41. The number of imidazole rings is 1. The predicted octanol–water partition coefficient (Wildman–Crippen LogP) is 5.18. The number of nitrogens with zero attached hydrogens (tertiary/aromatic N) is 2. The summed E-state index contributed by atoms with van der Waals surface area (Å²) in [6.07, 6.45) is 4.99. The summed E-state index contributed by atoms with van der Waals surface area (Å²) in [6.45, 7) is 2.33. The van der Waals surface area contributed by atoms with E-state index in [1.54, 1.807) is 0 Å². The molecule has 1 aliphatic carbocycles. The maximum Gasteiger partial charge on any atom is 0.125 e. The predicted molar refractivity (Wildman–Crippen MR) is 81.0 cm³/mol. The summed E-state index contributed by atoms with van der Waals surface area (Å²) in [7, 11) is 0. The molecule has 0 amide bonds. The molecule has 3 rings (SSSR count). The molecule has 1 aliphatic rings. The van der Waals surface area contributed by atoms with Crippen LogP contribution in [0.5, 0.6) is 0 Å². The lowest BCUT2D eigenvalue weighted by Gasteiger charge is -2.28. The number of hydrogen-bond acceptors (Lipinski definition) is 1. The van der Waals surface area contributed by atoms with Crippen LogP contribution in [-0.4, -0.2) is 9.55 Å². The lowest BCUT2D eigenvalue weighted by atomic mass is 9.87. The largest absolute Gasteiger partial charge is 0.324 e. The van der Waals surface area contributed by atoms with Gasteiger partial charge in [0.15, 0.2) is 0 Å². The van der Waals surface area contributed by atoms with Crippen molar-refractivity contribution in [3.05, 3.63) is 29.0 Å². The number of hydrogen-bond donors (Lipinski definition) is 0. The van der Waals surface area contributed by atoms with Gasteiger partial charge in [0.05, 0.1) is 16.9 Å². The van der Waals surface area contributed by atoms with Gasteiger partial charge in [0, 0.05) is 11.1 Å². The Labute approximate surface area is 123 Å². The van der Waals surface area contributed by atoms with Gasteiger partial charge in [0.2, 0.25) is 0 Å². The van der Waals surface area contributed by atoms with E-state index in [9.17, 15) is 0 Å². The van der Waals surface area contributed by atoms with Crippen LogP contribution in [0.15, 0.2) is 18.2 Å². The molecule has 2 nitrogen and oxygen atoms in total. The maximum absolute atomic E-state index is 6.13. The number of benzene rings is 1. The molecule has 1 heterocycles. The number of fused-ring (bicyclic) bond motifs is 1. The van der Waals surface area contributed by atoms with E-state index in [-0.39, 0.29) is 0 Å². The van der Waals surface area contributed by atoms with E-state index in [0.29, 0.717) is 11.9 Å². The van der Waals surface area contributed by atoms with Gasteiger partial charge in [0.25, 0.3) is 0 Å². The summed E-state index contributed by atoms with van der Waals surface area (Å²) in [5.74, 6) is 2.27. The second-order valence-corrected chi connectivity index (χ2v) is 6.28. The summed E-state index contributed by atoms with van der Waals surface area (Å²) in [4.78, 5) is 4.64. The Bertz CT molecular complexity index is 583. The van der Waals surface area contributed by atoms with Crippen LogP contribution in [0.3, 0.4) is 0 Å². The highest BCUT2D eigenvalue weighted by Gasteiger charge is 2.23. The summed E-state index contributed by atoms with van der Waals surface area (Å²) in [5.41, 5.74) is 2.13. The zero-order chi connectivity index (χ0) is 13.4. The van der Waals surface area contributed by atoms with Gasteiger partial charge in [-0.15, -0.1) is 11.6 Å². The van der Waals surface area contributed by atoms with Gasteiger partial charge < -0.3 is 4.57 Å². The van der Waals surface area contributed by atoms with Crippen LogP contribution < -0.4 is 0 Å². The topological polar surface area (TPSA) is 17.8 Å². The third kappa shape index (κ3) is 2.48. The molecule has 0 spiro atoms.